The summed E-state index contributed by atoms with van der Waals surface area (Å²) >= 11 is 0. The average Bonchev–Trinajstić information content (AvgIpc) is 2.38. The number of rotatable bonds is 2. The summed E-state index contributed by atoms with van der Waals surface area (Å²) in [5, 5.41) is 21.3. The Morgan fingerprint density at radius 2 is 2.05 bits per heavy atom. The first-order valence-corrected chi connectivity index (χ1v) is 6.04. The molecule has 0 radical (unpaired) electrons. The quantitative estimate of drug-likeness (QED) is 0.676. The van der Waals surface area contributed by atoms with Crippen LogP contribution >= 0.6 is 0 Å². The Morgan fingerprint density at radius 1 is 1.32 bits per heavy atom. The van der Waals surface area contributed by atoms with Gasteiger partial charge in [0.15, 0.2) is 0 Å². The van der Waals surface area contributed by atoms with Crippen LogP contribution in [0.5, 0.6) is 0 Å². The molecule has 1 saturated heterocycles. The van der Waals surface area contributed by atoms with Gasteiger partial charge in [-0.25, -0.2) is 4.98 Å². The van der Waals surface area contributed by atoms with Crippen LogP contribution in [0.15, 0.2) is 12.1 Å². The van der Waals surface area contributed by atoms with Crippen molar-refractivity contribution in [3.63, 3.8) is 0 Å². The number of alkyl halides is 3. The number of piperidine rings is 1. The number of hydrogen-bond acceptors (Lipinski definition) is 4. The van der Waals surface area contributed by atoms with Gasteiger partial charge in [0, 0.05) is 18.2 Å². The molecule has 0 spiro atoms. The van der Waals surface area contributed by atoms with Crippen molar-refractivity contribution in [3.8, 4) is 0 Å². The van der Waals surface area contributed by atoms with Crippen LogP contribution in [-0.4, -0.2) is 35.2 Å². The third-order valence-corrected chi connectivity index (χ3v) is 3.17. The van der Waals surface area contributed by atoms with Gasteiger partial charge in [0.1, 0.15) is 5.69 Å². The second-order valence-corrected chi connectivity index (χ2v) is 4.63. The normalized spacial score (nSPS) is 20.4. The molecule has 1 aliphatic rings. The summed E-state index contributed by atoms with van der Waals surface area (Å²) in [6.07, 6.45) is -3.00. The third kappa shape index (κ3) is 3.46. The molecule has 4 nitrogen and oxygen atoms in total. The zero-order valence-corrected chi connectivity index (χ0v) is 10.1. The smallest absolute Gasteiger partial charge is 0.423 e. The largest absolute Gasteiger partial charge is 0.488 e. The van der Waals surface area contributed by atoms with Gasteiger partial charge in [-0.05, 0) is 37.0 Å². The second-order valence-electron chi connectivity index (χ2n) is 4.63. The molecule has 8 heteroatoms. The van der Waals surface area contributed by atoms with Crippen molar-refractivity contribution in [2.24, 2.45) is 0 Å². The van der Waals surface area contributed by atoms with Gasteiger partial charge < -0.3 is 15.4 Å². The summed E-state index contributed by atoms with van der Waals surface area (Å²) in [6.45, 7) is 1.39. The first kappa shape index (κ1) is 14.3. The van der Waals surface area contributed by atoms with Crippen molar-refractivity contribution in [3.05, 3.63) is 23.5 Å². The van der Waals surface area contributed by atoms with Crippen LogP contribution in [0.1, 0.15) is 30.1 Å². The van der Waals surface area contributed by atoms with Gasteiger partial charge in [-0.2, -0.15) is 13.2 Å². The average molecular weight is 274 g/mol. The fourth-order valence-electron chi connectivity index (χ4n) is 2.18. The summed E-state index contributed by atoms with van der Waals surface area (Å²) in [4.78, 5) is 3.62. The Bertz CT molecular complexity index is 448. The summed E-state index contributed by atoms with van der Waals surface area (Å²) in [5.41, 5.74) is -1.01. The Balaban J connectivity index is 2.39. The lowest BCUT2D eigenvalue weighted by Gasteiger charge is -2.23. The van der Waals surface area contributed by atoms with Gasteiger partial charge >= 0.3 is 13.3 Å². The standard InChI is InChI=1S/C11H14BF3N2O2/c13-11(14,15)10-5-8(12(18)19)4-9(17-10)7-2-1-3-16-6-7/h4-5,7,16,18-19H,1-3,6H2. The molecular formula is C11H14BF3N2O2. The van der Waals surface area contributed by atoms with E-state index in [0.29, 0.717) is 12.6 Å². The van der Waals surface area contributed by atoms with E-state index < -0.39 is 19.0 Å². The maximum absolute atomic E-state index is 12.7. The first-order chi connectivity index (χ1) is 8.88. The predicted molar refractivity (Wildman–Crippen MR) is 63.9 cm³/mol. The van der Waals surface area contributed by atoms with Crippen molar-refractivity contribution in [2.75, 3.05) is 13.1 Å². The van der Waals surface area contributed by atoms with Crippen LogP contribution in [0.3, 0.4) is 0 Å². The zero-order valence-electron chi connectivity index (χ0n) is 10.1. The van der Waals surface area contributed by atoms with Gasteiger partial charge in [-0.3, -0.25) is 0 Å². The van der Waals surface area contributed by atoms with Crippen LogP contribution in [0.25, 0.3) is 0 Å². The van der Waals surface area contributed by atoms with Gasteiger partial charge in [0.2, 0.25) is 0 Å². The number of halogens is 3. The minimum absolute atomic E-state index is 0.131. The molecule has 1 atom stereocenters. The molecule has 0 amide bonds. The first-order valence-electron chi connectivity index (χ1n) is 6.04. The van der Waals surface area contributed by atoms with Crippen LogP contribution < -0.4 is 10.8 Å². The van der Waals surface area contributed by atoms with E-state index in [9.17, 15) is 13.2 Å². The van der Waals surface area contributed by atoms with E-state index in [0.717, 1.165) is 19.4 Å². The molecule has 2 rings (SSSR count). The lowest BCUT2D eigenvalue weighted by Crippen LogP contribution is -2.34. The van der Waals surface area contributed by atoms with E-state index in [1.807, 2.05) is 0 Å². The second kappa shape index (κ2) is 5.48. The van der Waals surface area contributed by atoms with E-state index in [2.05, 4.69) is 10.3 Å². The molecule has 19 heavy (non-hydrogen) atoms. The molecule has 0 aromatic carbocycles. The van der Waals surface area contributed by atoms with Gasteiger partial charge in [0.05, 0.1) is 0 Å². The molecule has 1 aromatic rings. The van der Waals surface area contributed by atoms with E-state index in [1.54, 1.807) is 0 Å². The van der Waals surface area contributed by atoms with E-state index >= 15 is 0 Å². The fourth-order valence-corrected chi connectivity index (χ4v) is 2.18. The van der Waals surface area contributed by atoms with Crippen LogP contribution in [-0.2, 0) is 6.18 Å². The highest BCUT2D eigenvalue weighted by Crippen LogP contribution is 2.29. The molecule has 104 valence electrons. The van der Waals surface area contributed by atoms with Crippen molar-refractivity contribution in [1.82, 2.24) is 10.3 Å². The molecule has 2 heterocycles. The van der Waals surface area contributed by atoms with Crippen molar-refractivity contribution >= 4 is 12.6 Å². The van der Waals surface area contributed by atoms with Crippen molar-refractivity contribution in [2.45, 2.75) is 24.9 Å². The number of aromatic nitrogens is 1. The molecule has 0 aliphatic carbocycles. The maximum Gasteiger partial charge on any atom is 0.488 e. The third-order valence-electron chi connectivity index (χ3n) is 3.17. The Labute approximate surface area is 108 Å². The Hall–Kier alpha value is -1.12. The Morgan fingerprint density at radius 3 is 2.58 bits per heavy atom. The molecule has 1 aromatic heterocycles. The molecule has 3 N–H and O–H groups in total. The summed E-state index contributed by atoms with van der Waals surface area (Å²) in [6, 6.07) is 2.00. The lowest BCUT2D eigenvalue weighted by molar-refractivity contribution is -0.141. The van der Waals surface area contributed by atoms with Crippen LogP contribution in [0, 0.1) is 0 Å². The molecule has 1 unspecified atom stereocenters. The highest BCUT2D eigenvalue weighted by Gasteiger charge is 2.35. The molecule has 0 bridgehead atoms. The topological polar surface area (TPSA) is 65.4 Å². The van der Waals surface area contributed by atoms with E-state index in [1.165, 1.54) is 6.07 Å². The number of hydrogen-bond donors (Lipinski definition) is 3. The highest BCUT2D eigenvalue weighted by atomic mass is 19.4. The summed E-state index contributed by atoms with van der Waals surface area (Å²) in [5.74, 6) is -0.131. The van der Waals surface area contributed by atoms with Crippen molar-refractivity contribution in [1.29, 1.82) is 0 Å². The van der Waals surface area contributed by atoms with Crippen LogP contribution in [0.2, 0.25) is 0 Å². The maximum atomic E-state index is 12.7. The molecule has 1 aliphatic heterocycles. The number of nitrogens with zero attached hydrogens (tertiary/aromatic N) is 1. The minimum atomic E-state index is -4.60. The van der Waals surface area contributed by atoms with E-state index in [-0.39, 0.29) is 17.1 Å². The van der Waals surface area contributed by atoms with E-state index in [4.69, 9.17) is 10.0 Å². The monoisotopic (exact) mass is 274 g/mol. The Kier molecular flexibility index (Phi) is 4.12. The fraction of sp³-hybridized carbons (Fsp3) is 0.545. The minimum Gasteiger partial charge on any atom is -0.423 e. The summed E-state index contributed by atoms with van der Waals surface area (Å²) < 4.78 is 38.2. The molecule has 0 saturated carbocycles. The molecule has 1 fully saturated rings. The van der Waals surface area contributed by atoms with Gasteiger partial charge in [-0.1, -0.05) is 0 Å². The van der Waals surface area contributed by atoms with Gasteiger partial charge in [-0.15, -0.1) is 0 Å². The predicted octanol–water partition coefficient (Wildman–Crippen LogP) is 0.247. The highest BCUT2D eigenvalue weighted by molar-refractivity contribution is 6.58. The lowest BCUT2D eigenvalue weighted by atomic mass is 9.78. The van der Waals surface area contributed by atoms with Crippen LogP contribution in [0.4, 0.5) is 13.2 Å². The van der Waals surface area contributed by atoms with Crippen molar-refractivity contribution < 1.29 is 23.2 Å². The SMILES string of the molecule is OB(O)c1cc(C2CCCNC2)nc(C(F)(F)F)c1. The number of nitrogens with one attached hydrogen (secondary N) is 1. The zero-order chi connectivity index (χ0) is 14.0. The summed E-state index contributed by atoms with van der Waals surface area (Å²) in [7, 11) is -1.93. The molecular weight excluding hydrogens is 260 g/mol. The van der Waals surface area contributed by atoms with Gasteiger partial charge in [0.25, 0.3) is 0 Å². The number of pyridine rings is 1.